The summed E-state index contributed by atoms with van der Waals surface area (Å²) in [5.74, 6) is 1.52. The Morgan fingerprint density at radius 2 is 2.03 bits per heavy atom. The lowest BCUT2D eigenvalue weighted by atomic mass is 10.2. The van der Waals surface area contributed by atoms with Crippen molar-refractivity contribution in [1.29, 1.82) is 0 Å². The van der Waals surface area contributed by atoms with Crippen LogP contribution in [0.1, 0.15) is 12.8 Å². The third kappa shape index (κ3) is 4.77. The van der Waals surface area contributed by atoms with Crippen LogP contribution in [0.15, 0.2) is 42.7 Å². The molecular weight excluding hydrogens is 387 g/mol. The molecule has 2 N–H and O–H groups in total. The third-order valence-electron chi connectivity index (χ3n) is 5.15. The number of fused-ring (bicyclic) bond motifs is 1. The summed E-state index contributed by atoms with van der Waals surface area (Å²) in [5, 5.41) is 13.6. The van der Waals surface area contributed by atoms with Gasteiger partial charge in [-0.3, -0.25) is 0 Å². The van der Waals surface area contributed by atoms with Crippen LogP contribution >= 0.6 is 0 Å². The molecule has 1 saturated heterocycles. The molecule has 0 amide bonds. The first-order valence-corrected chi connectivity index (χ1v) is 10.0. The van der Waals surface area contributed by atoms with E-state index in [0.29, 0.717) is 29.4 Å². The average Bonchev–Trinajstić information content (AvgIpc) is 3.17. The minimum Gasteiger partial charge on any atom is -0.493 e. The van der Waals surface area contributed by atoms with Crippen LogP contribution in [0.4, 0.5) is 15.9 Å². The molecule has 0 saturated carbocycles. The molecule has 1 fully saturated rings. The largest absolute Gasteiger partial charge is 0.493 e. The number of hydrogen-bond acceptors (Lipinski definition) is 7. The van der Waals surface area contributed by atoms with Crippen LogP contribution in [0, 0.1) is 5.82 Å². The maximum Gasteiger partial charge on any atom is 0.162 e. The van der Waals surface area contributed by atoms with Gasteiger partial charge in [-0.2, -0.15) is 0 Å². The van der Waals surface area contributed by atoms with Crippen molar-refractivity contribution in [3.63, 3.8) is 0 Å². The van der Waals surface area contributed by atoms with E-state index in [1.807, 2.05) is 12.1 Å². The number of hydrogen-bond donors (Lipinski definition) is 2. The Morgan fingerprint density at radius 3 is 2.77 bits per heavy atom. The zero-order valence-corrected chi connectivity index (χ0v) is 16.8. The molecule has 3 aromatic rings. The van der Waals surface area contributed by atoms with Crippen molar-refractivity contribution in [2.24, 2.45) is 0 Å². The SMILES string of the molecule is COc1cc2ncnc(Nc3ccc(F)cc3)c2cc1OCCCN1CCC(O)C1. The van der Waals surface area contributed by atoms with Gasteiger partial charge in [-0.25, -0.2) is 14.4 Å². The van der Waals surface area contributed by atoms with Crippen molar-refractivity contribution in [3.8, 4) is 11.5 Å². The molecule has 2 aromatic carbocycles. The number of nitrogens with zero attached hydrogens (tertiary/aromatic N) is 3. The monoisotopic (exact) mass is 412 g/mol. The zero-order chi connectivity index (χ0) is 20.9. The molecule has 1 atom stereocenters. The molecule has 30 heavy (non-hydrogen) atoms. The molecule has 1 unspecified atom stereocenters. The Bertz CT molecular complexity index is 1000. The number of nitrogens with one attached hydrogen (secondary N) is 1. The van der Waals surface area contributed by atoms with Crippen LogP contribution in [-0.2, 0) is 0 Å². The van der Waals surface area contributed by atoms with E-state index in [0.717, 1.165) is 43.5 Å². The highest BCUT2D eigenvalue weighted by Crippen LogP contribution is 2.34. The summed E-state index contributed by atoms with van der Waals surface area (Å²) in [6, 6.07) is 9.77. The van der Waals surface area contributed by atoms with Crippen molar-refractivity contribution >= 4 is 22.4 Å². The van der Waals surface area contributed by atoms with Crippen molar-refractivity contribution in [2.45, 2.75) is 18.9 Å². The van der Waals surface area contributed by atoms with Crippen molar-refractivity contribution in [2.75, 3.05) is 38.7 Å². The van der Waals surface area contributed by atoms with Gasteiger partial charge in [-0.15, -0.1) is 0 Å². The van der Waals surface area contributed by atoms with Crippen molar-refractivity contribution < 1.29 is 19.0 Å². The van der Waals surface area contributed by atoms with E-state index >= 15 is 0 Å². The number of benzene rings is 2. The summed E-state index contributed by atoms with van der Waals surface area (Å²) in [6.07, 6.45) is 2.94. The standard InChI is InChI=1S/C22H25FN4O3/c1-29-20-12-19-18(11-21(20)30-10-2-8-27-9-7-17(28)13-27)22(25-14-24-19)26-16-5-3-15(23)4-6-16/h3-6,11-12,14,17,28H,2,7-10,13H2,1H3,(H,24,25,26). The first kappa shape index (κ1) is 20.3. The molecule has 1 aliphatic rings. The summed E-state index contributed by atoms with van der Waals surface area (Å²) in [7, 11) is 1.60. The topological polar surface area (TPSA) is 79.7 Å². The molecular formula is C22H25FN4O3. The molecule has 2 heterocycles. The third-order valence-corrected chi connectivity index (χ3v) is 5.15. The highest BCUT2D eigenvalue weighted by molar-refractivity contribution is 5.93. The van der Waals surface area contributed by atoms with Gasteiger partial charge < -0.3 is 24.8 Å². The predicted octanol–water partition coefficient (Wildman–Crippen LogP) is 3.36. The van der Waals surface area contributed by atoms with Gasteiger partial charge in [-0.1, -0.05) is 0 Å². The fraction of sp³-hybridized carbons (Fsp3) is 0.364. The van der Waals surface area contributed by atoms with Crippen LogP contribution in [0.25, 0.3) is 10.9 Å². The average molecular weight is 412 g/mol. The van der Waals surface area contributed by atoms with Gasteiger partial charge in [-0.05, 0) is 43.2 Å². The molecule has 158 valence electrons. The normalized spacial score (nSPS) is 16.7. The van der Waals surface area contributed by atoms with Crippen LogP contribution < -0.4 is 14.8 Å². The van der Waals surface area contributed by atoms with E-state index < -0.39 is 0 Å². The van der Waals surface area contributed by atoms with Crippen LogP contribution in [-0.4, -0.2) is 59.4 Å². The Hall–Kier alpha value is -2.97. The minimum absolute atomic E-state index is 0.210. The number of ether oxygens (including phenoxy) is 2. The van der Waals surface area contributed by atoms with E-state index in [9.17, 15) is 9.50 Å². The summed E-state index contributed by atoms with van der Waals surface area (Å²) >= 11 is 0. The molecule has 1 aromatic heterocycles. The van der Waals surface area contributed by atoms with Gasteiger partial charge in [0.1, 0.15) is 18.0 Å². The van der Waals surface area contributed by atoms with E-state index in [1.165, 1.54) is 18.5 Å². The molecule has 4 rings (SSSR count). The Labute approximate surface area is 174 Å². The maximum atomic E-state index is 13.2. The van der Waals surface area contributed by atoms with E-state index in [-0.39, 0.29) is 11.9 Å². The quantitative estimate of drug-likeness (QED) is 0.549. The fourth-order valence-electron chi connectivity index (χ4n) is 3.59. The number of β-amino-alcohol motifs (C(OH)–C–C–N with tert-alkyl or cyclic N) is 1. The van der Waals surface area contributed by atoms with Gasteiger partial charge >= 0.3 is 0 Å². The molecule has 1 aliphatic heterocycles. The number of likely N-dealkylation sites (tertiary alicyclic amines) is 1. The van der Waals surface area contributed by atoms with Gasteiger partial charge in [0.15, 0.2) is 11.5 Å². The Balaban J connectivity index is 1.49. The van der Waals surface area contributed by atoms with Gasteiger partial charge in [0.25, 0.3) is 0 Å². The number of halogens is 1. The Morgan fingerprint density at radius 1 is 1.20 bits per heavy atom. The lowest BCUT2D eigenvalue weighted by Gasteiger charge is -2.16. The minimum atomic E-state index is -0.294. The number of aliphatic hydroxyl groups is 1. The first-order valence-electron chi connectivity index (χ1n) is 10.0. The zero-order valence-electron chi connectivity index (χ0n) is 16.8. The van der Waals surface area contributed by atoms with E-state index in [1.54, 1.807) is 19.2 Å². The second kappa shape index (κ2) is 9.23. The number of rotatable bonds is 8. The molecule has 0 radical (unpaired) electrons. The first-order chi connectivity index (χ1) is 14.6. The summed E-state index contributed by atoms with van der Waals surface area (Å²) in [6.45, 7) is 3.07. The molecule has 0 bridgehead atoms. The highest BCUT2D eigenvalue weighted by atomic mass is 19.1. The molecule has 0 aliphatic carbocycles. The van der Waals surface area contributed by atoms with E-state index in [2.05, 4.69) is 20.2 Å². The molecule has 7 nitrogen and oxygen atoms in total. The number of aliphatic hydroxyl groups excluding tert-OH is 1. The van der Waals surface area contributed by atoms with E-state index in [4.69, 9.17) is 9.47 Å². The predicted molar refractivity (Wildman–Crippen MR) is 113 cm³/mol. The second-order valence-electron chi connectivity index (χ2n) is 7.32. The summed E-state index contributed by atoms with van der Waals surface area (Å²) in [5.41, 5.74) is 1.44. The Kier molecular flexibility index (Phi) is 6.25. The number of anilines is 2. The van der Waals surface area contributed by atoms with Crippen molar-refractivity contribution in [1.82, 2.24) is 14.9 Å². The lowest BCUT2D eigenvalue weighted by molar-refractivity contribution is 0.172. The van der Waals surface area contributed by atoms with Crippen molar-refractivity contribution in [3.05, 3.63) is 48.5 Å². The second-order valence-corrected chi connectivity index (χ2v) is 7.32. The summed E-state index contributed by atoms with van der Waals surface area (Å²) in [4.78, 5) is 10.9. The maximum absolute atomic E-state index is 13.2. The molecule has 0 spiro atoms. The van der Waals surface area contributed by atoms with Crippen LogP contribution in [0.5, 0.6) is 11.5 Å². The lowest BCUT2D eigenvalue weighted by Crippen LogP contribution is -2.24. The molecule has 8 heteroatoms. The fourth-order valence-corrected chi connectivity index (χ4v) is 3.59. The number of aromatic nitrogens is 2. The van der Waals surface area contributed by atoms with Gasteiger partial charge in [0.05, 0.1) is 25.3 Å². The van der Waals surface area contributed by atoms with Gasteiger partial charge in [0.2, 0.25) is 0 Å². The number of methoxy groups -OCH3 is 1. The van der Waals surface area contributed by atoms with Crippen LogP contribution in [0.2, 0.25) is 0 Å². The van der Waals surface area contributed by atoms with Gasteiger partial charge in [0, 0.05) is 36.8 Å². The summed E-state index contributed by atoms with van der Waals surface area (Å²) < 4.78 is 24.7. The highest BCUT2D eigenvalue weighted by Gasteiger charge is 2.19. The van der Waals surface area contributed by atoms with Crippen LogP contribution in [0.3, 0.4) is 0 Å². The smallest absolute Gasteiger partial charge is 0.162 e.